The molecule has 0 radical (unpaired) electrons. The highest BCUT2D eigenvalue weighted by atomic mass is 16.1. The van der Waals surface area contributed by atoms with Crippen LogP contribution >= 0.6 is 0 Å². The molecule has 0 aliphatic carbocycles. The molecule has 0 amide bonds. The predicted octanol–water partition coefficient (Wildman–Crippen LogP) is 3.24. The summed E-state index contributed by atoms with van der Waals surface area (Å²) in [5, 5.41) is 8.18. The number of benzene rings is 1. The Labute approximate surface area is 232 Å². The fourth-order valence-corrected chi connectivity index (χ4v) is 5.71. The molecule has 0 bridgehead atoms. The number of anilines is 3. The van der Waals surface area contributed by atoms with Crippen LogP contribution in [0.1, 0.15) is 38.3 Å². The van der Waals surface area contributed by atoms with Gasteiger partial charge in [0.2, 0.25) is 5.95 Å². The van der Waals surface area contributed by atoms with Gasteiger partial charge in [0.25, 0.3) is 11.1 Å². The fourth-order valence-electron chi connectivity index (χ4n) is 5.71. The first-order valence-electron chi connectivity index (χ1n) is 13.9. The average molecular weight is 542 g/mol. The molecule has 2 aliphatic heterocycles. The smallest absolute Gasteiger partial charge is 0.278 e. The summed E-state index contributed by atoms with van der Waals surface area (Å²) in [5.41, 5.74) is 3.22. The molecule has 0 saturated carbocycles. The van der Waals surface area contributed by atoms with E-state index in [1.54, 1.807) is 16.8 Å². The summed E-state index contributed by atoms with van der Waals surface area (Å²) in [6.45, 7) is 14.5. The number of fused-ring (bicyclic) bond motifs is 1. The molecule has 2 aliphatic rings. The molecule has 0 atom stereocenters. The Hall–Kier alpha value is -4.25. The van der Waals surface area contributed by atoms with Crippen molar-refractivity contribution in [3.8, 4) is 5.82 Å². The molecule has 3 aromatic heterocycles. The molecule has 1 N–H and O–H groups in total. The van der Waals surface area contributed by atoms with E-state index in [9.17, 15) is 9.59 Å². The zero-order valence-corrected chi connectivity index (χ0v) is 23.2. The topological polar surface area (TPSA) is 106 Å². The molecule has 4 aromatic rings. The SMILES string of the molecule is C=CCn1c(=O)c2cnc(Nc3ccc(N4CC(N5CCCC5)C4)c(C)c3)nc2n1-c1ccc(=O)n(C(C)C)n1. The van der Waals surface area contributed by atoms with E-state index in [4.69, 9.17) is 4.98 Å². The first kappa shape index (κ1) is 26.0. The number of allylic oxidation sites excluding steroid dienone is 1. The van der Waals surface area contributed by atoms with Gasteiger partial charge >= 0.3 is 0 Å². The van der Waals surface area contributed by atoms with Gasteiger partial charge in [0.1, 0.15) is 5.39 Å². The maximum Gasteiger partial charge on any atom is 0.278 e. The highest BCUT2D eigenvalue weighted by Crippen LogP contribution is 2.31. The van der Waals surface area contributed by atoms with Crippen molar-refractivity contribution < 1.29 is 0 Å². The van der Waals surface area contributed by atoms with E-state index in [1.807, 2.05) is 19.9 Å². The standard InChI is InChI=1S/C29H35N9O2/c1-5-12-36-28(40)23-16-30-29(32-27(23)38(36)25-10-11-26(39)37(33-25)19(2)3)31-21-8-9-24(20(4)15-21)35-17-22(18-35)34-13-6-7-14-34/h5,8-11,15-16,19,22H,1,6-7,12-14,17-18H2,2-4H3,(H,30,31,32). The molecule has 6 rings (SSSR count). The van der Waals surface area contributed by atoms with Gasteiger partial charge in [0.05, 0.1) is 12.6 Å². The number of hydrogen-bond donors (Lipinski definition) is 1. The first-order valence-corrected chi connectivity index (χ1v) is 13.9. The molecule has 2 saturated heterocycles. The van der Waals surface area contributed by atoms with Crippen LogP contribution in [0.15, 0.2) is 58.8 Å². The predicted molar refractivity (Wildman–Crippen MR) is 157 cm³/mol. The maximum atomic E-state index is 13.2. The van der Waals surface area contributed by atoms with Crippen LogP contribution in [0.5, 0.6) is 0 Å². The van der Waals surface area contributed by atoms with E-state index < -0.39 is 0 Å². The summed E-state index contributed by atoms with van der Waals surface area (Å²) >= 11 is 0. The Morgan fingerprint density at radius 1 is 1.12 bits per heavy atom. The average Bonchev–Trinajstić information content (AvgIpc) is 3.52. The lowest BCUT2D eigenvalue weighted by molar-refractivity contribution is 0.205. The second-order valence-electron chi connectivity index (χ2n) is 10.9. The number of aryl methyl sites for hydroxylation is 1. The molecule has 11 heteroatoms. The maximum absolute atomic E-state index is 13.2. The molecule has 0 spiro atoms. The van der Waals surface area contributed by atoms with Gasteiger partial charge in [-0.25, -0.2) is 19.0 Å². The number of hydrogen-bond acceptors (Lipinski definition) is 8. The lowest BCUT2D eigenvalue weighted by Gasteiger charge is -2.46. The minimum atomic E-state index is -0.257. The third-order valence-corrected chi connectivity index (χ3v) is 7.81. The molecule has 208 valence electrons. The fraction of sp³-hybridized carbons (Fsp3) is 0.414. The molecule has 11 nitrogen and oxygen atoms in total. The summed E-state index contributed by atoms with van der Waals surface area (Å²) in [5.74, 6) is 0.772. The van der Waals surface area contributed by atoms with E-state index >= 15 is 0 Å². The van der Waals surface area contributed by atoms with Gasteiger partial charge in [-0.3, -0.25) is 14.5 Å². The number of rotatable bonds is 8. The molecular formula is C29H35N9O2. The van der Waals surface area contributed by atoms with Crippen LogP contribution < -0.4 is 21.3 Å². The van der Waals surface area contributed by atoms with Crippen LogP contribution in [0, 0.1) is 6.92 Å². The Morgan fingerprint density at radius 2 is 1.90 bits per heavy atom. The number of aromatic nitrogens is 6. The lowest BCUT2D eigenvalue weighted by atomic mass is 10.0. The zero-order chi connectivity index (χ0) is 28.0. The van der Waals surface area contributed by atoms with E-state index in [-0.39, 0.29) is 23.7 Å². The van der Waals surface area contributed by atoms with Crippen molar-refractivity contribution in [2.75, 3.05) is 36.4 Å². The van der Waals surface area contributed by atoms with Gasteiger partial charge in [0.15, 0.2) is 11.5 Å². The van der Waals surface area contributed by atoms with Crippen LogP contribution in [-0.2, 0) is 6.54 Å². The van der Waals surface area contributed by atoms with Crippen molar-refractivity contribution in [3.05, 3.63) is 75.5 Å². The number of likely N-dealkylation sites (tertiary alicyclic amines) is 1. The van der Waals surface area contributed by atoms with Crippen LogP contribution in [0.25, 0.3) is 16.9 Å². The van der Waals surface area contributed by atoms with E-state index in [2.05, 4.69) is 50.8 Å². The van der Waals surface area contributed by atoms with Gasteiger partial charge in [-0.2, -0.15) is 4.98 Å². The molecule has 2 fully saturated rings. The zero-order valence-electron chi connectivity index (χ0n) is 23.2. The Kier molecular flexibility index (Phi) is 6.75. The van der Waals surface area contributed by atoms with Crippen molar-refractivity contribution in [1.29, 1.82) is 0 Å². The van der Waals surface area contributed by atoms with Gasteiger partial charge in [-0.15, -0.1) is 11.7 Å². The van der Waals surface area contributed by atoms with E-state index in [0.717, 1.165) is 18.8 Å². The first-order chi connectivity index (χ1) is 19.3. The molecule has 40 heavy (non-hydrogen) atoms. The van der Waals surface area contributed by atoms with E-state index in [1.165, 1.54) is 58.8 Å². The summed E-state index contributed by atoms with van der Waals surface area (Å²) in [6, 6.07) is 9.85. The van der Waals surface area contributed by atoms with Gasteiger partial charge in [0, 0.05) is 42.8 Å². The molecule has 5 heterocycles. The van der Waals surface area contributed by atoms with Crippen molar-refractivity contribution >= 4 is 28.4 Å². The number of nitrogens with zero attached hydrogens (tertiary/aromatic N) is 8. The molecular weight excluding hydrogens is 506 g/mol. The highest BCUT2D eigenvalue weighted by Gasteiger charge is 2.33. The molecule has 0 unspecified atom stereocenters. The van der Waals surface area contributed by atoms with Gasteiger partial charge < -0.3 is 10.2 Å². The quantitative estimate of drug-likeness (QED) is 0.339. The summed E-state index contributed by atoms with van der Waals surface area (Å²) in [6.07, 6.45) is 5.80. The van der Waals surface area contributed by atoms with Gasteiger partial charge in [-0.05, 0) is 76.5 Å². The second kappa shape index (κ2) is 10.4. The van der Waals surface area contributed by atoms with Crippen LogP contribution in [0.3, 0.4) is 0 Å². The minimum absolute atomic E-state index is 0.144. The van der Waals surface area contributed by atoms with Crippen molar-refractivity contribution in [2.45, 2.75) is 52.2 Å². The third kappa shape index (κ3) is 4.60. The number of nitrogens with one attached hydrogen (secondary N) is 1. The van der Waals surface area contributed by atoms with Crippen LogP contribution in [0.2, 0.25) is 0 Å². The van der Waals surface area contributed by atoms with Crippen LogP contribution in [-0.4, -0.2) is 66.2 Å². The largest absolute Gasteiger partial charge is 0.368 e. The van der Waals surface area contributed by atoms with Crippen LogP contribution in [0.4, 0.5) is 17.3 Å². The lowest BCUT2D eigenvalue weighted by Crippen LogP contribution is -2.59. The second-order valence-corrected chi connectivity index (χ2v) is 10.9. The Morgan fingerprint density at radius 3 is 2.60 bits per heavy atom. The monoisotopic (exact) mass is 541 g/mol. The van der Waals surface area contributed by atoms with Crippen molar-refractivity contribution in [2.24, 2.45) is 0 Å². The summed E-state index contributed by atoms with van der Waals surface area (Å²) in [7, 11) is 0. The van der Waals surface area contributed by atoms with Gasteiger partial charge in [-0.1, -0.05) is 6.08 Å². The Balaban J connectivity index is 1.30. The normalized spacial score (nSPS) is 16.1. The highest BCUT2D eigenvalue weighted by molar-refractivity contribution is 5.77. The summed E-state index contributed by atoms with van der Waals surface area (Å²) in [4.78, 5) is 39.8. The third-order valence-electron chi connectivity index (χ3n) is 7.81. The van der Waals surface area contributed by atoms with Crippen molar-refractivity contribution in [3.63, 3.8) is 0 Å². The van der Waals surface area contributed by atoms with Crippen molar-refractivity contribution in [1.82, 2.24) is 34.0 Å². The Bertz CT molecular complexity index is 1690. The summed E-state index contributed by atoms with van der Waals surface area (Å²) < 4.78 is 4.51. The minimum Gasteiger partial charge on any atom is -0.368 e. The molecule has 1 aromatic carbocycles. The van der Waals surface area contributed by atoms with E-state index in [0.29, 0.717) is 28.8 Å².